The summed E-state index contributed by atoms with van der Waals surface area (Å²) in [6, 6.07) is 12.7. The van der Waals surface area contributed by atoms with E-state index in [0.29, 0.717) is 39.9 Å². The van der Waals surface area contributed by atoms with Crippen molar-refractivity contribution in [3.8, 4) is 28.5 Å². The summed E-state index contributed by atoms with van der Waals surface area (Å²) in [5.41, 5.74) is 2.61. The second-order valence-corrected chi connectivity index (χ2v) is 6.22. The van der Waals surface area contributed by atoms with E-state index in [2.05, 4.69) is 10.2 Å². The minimum Gasteiger partial charge on any atom is -0.493 e. The van der Waals surface area contributed by atoms with Crippen LogP contribution in [-0.4, -0.2) is 31.5 Å². The van der Waals surface area contributed by atoms with Gasteiger partial charge in [0.15, 0.2) is 11.5 Å². The Morgan fingerprint density at radius 2 is 1.63 bits per heavy atom. The van der Waals surface area contributed by atoms with Gasteiger partial charge in [0.1, 0.15) is 0 Å². The van der Waals surface area contributed by atoms with Crippen LogP contribution in [0.15, 0.2) is 47.3 Å². The summed E-state index contributed by atoms with van der Waals surface area (Å²) in [6.45, 7) is 0. The molecule has 1 N–H and O–H groups in total. The molecule has 3 aromatic rings. The maximum absolute atomic E-state index is 12.3. The molecular formula is C20H19ClN2O4. The van der Waals surface area contributed by atoms with Crippen LogP contribution in [0.1, 0.15) is 11.1 Å². The molecule has 1 heterocycles. The van der Waals surface area contributed by atoms with E-state index in [1.807, 2.05) is 18.2 Å². The largest absolute Gasteiger partial charge is 0.493 e. The van der Waals surface area contributed by atoms with Gasteiger partial charge in [0.05, 0.1) is 27.0 Å². The molecule has 0 unspecified atom stereocenters. The second kappa shape index (κ2) is 8.14. The van der Waals surface area contributed by atoms with Gasteiger partial charge in [0.25, 0.3) is 5.56 Å². The van der Waals surface area contributed by atoms with Gasteiger partial charge < -0.3 is 14.2 Å². The Kier molecular flexibility index (Phi) is 5.66. The number of halogens is 1. The van der Waals surface area contributed by atoms with E-state index in [0.717, 1.165) is 11.1 Å². The fraction of sp³-hybridized carbons (Fsp3) is 0.200. The molecular weight excluding hydrogens is 368 g/mol. The van der Waals surface area contributed by atoms with Gasteiger partial charge in [-0.25, -0.2) is 5.10 Å². The topological polar surface area (TPSA) is 73.4 Å². The van der Waals surface area contributed by atoms with Crippen molar-refractivity contribution in [2.75, 3.05) is 21.3 Å². The Morgan fingerprint density at radius 1 is 0.926 bits per heavy atom. The number of nitrogens with one attached hydrogen (secondary N) is 1. The van der Waals surface area contributed by atoms with Gasteiger partial charge in [-0.15, -0.1) is 0 Å². The van der Waals surface area contributed by atoms with Crippen molar-refractivity contribution in [2.24, 2.45) is 0 Å². The lowest BCUT2D eigenvalue weighted by atomic mass is 10.0. The highest BCUT2D eigenvalue weighted by Gasteiger charge is 2.17. The van der Waals surface area contributed by atoms with E-state index < -0.39 is 0 Å². The second-order valence-electron chi connectivity index (χ2n) is 5.78. The van der Waals surface area contributed by atoms with Gasteiger partial charge in [-0.1, -0.05) is 29.8 Å². The first-order valence-corrected chi connectivity index (χ1v) is 8.57. The molecule has 0 fully saturated rings. The van der Waals surface area contributed by atoms with Crippen LogP contribution in [0.2, 0.25) is 5.02 Å². The lowest BCUT2D eigenvalue weighted by Crippen LogP contribution is -2.15. The van der Waals surface area contributed by atoms with Crippen LogP contribution < -0.4 is 19.8 Å². The van der Waals surface area contributed by atoms with Crippen LogP contribution in [-0.2, 0) is 6.42 Å². The maximum atomic E-state index is 12.3. The Labute approximate surface area is 161 Å². The zero-order valence-corrected chi connectivity index (χ0v) is 16.0. The minimum atomic E-state index is -0.260. The van der Waals surface area contributed by atoms with Crippen LogP contribution in [0.3, 0.4) is 0 Å². The summed E-state index contributed by atoms with van der Waals surface area (Å²) in [4.78, 5) is 12.3. The van der Waals surface area contributed by atoms with Gasteiger partial charge in [0.2, 0.25) is 5.75 Å². The summed E-state index contributed by atoms with van der Waals surface area (Å²) < 4.78 is 16.2. The van der Waals surface area contributed by atoms with Crippen molar-refractivity contribution in [1.82, 2.24) is 10.2 Å². The van der Waals surface area contributed by atoms with Gasteiger partial charge in [-0.3, -0.25) is 4.79 Å². The molecule has 3 rings (SSSR count). The molecule has 2 aromatic carbocycles. The molecule has 0 bridgehead atoms. The molecule has 140 valence electrons. The number of rotatable bonds is 6. The number of methoxy groups -OCH3 is 3. The highest BCUT2D eigenvalue weighted by Crippen LogP contribution is 2.40. The molecule has 1 aromatic heterocycles. The molecule has 0 saturated carbocycles. The zero-order chi connectivity index (χ0) is 19.4. The van der Waals surface area contributed by atoms with E-state index >= 15 is 0 Å². The minimum absolute atomic E-state index is 0.260. The molecule has 0 aliphatic rings. The number of hydrogen-bond acceptors (Lipinski definition) is 5. The summed E-state index contributed by atoms with van der Waals surface area (Å²) in [7, 11) is 4.65. The standard InChI is InChI=1S/C20H19ClN2O4/c1-25-17-9-6-13(18(26-2)19(17)27-3)10-14-11-16(22-23-20(14)24)12-4-7-15(21)8-5-12/h4-9,11H,10H2,1-3H3,(H,23,24). The molecule has 0 aliphatic heterocycles. The normalized spacial score (nSPS) is 10.5. The third-order valence-electron chi connectivity index (χ3n) is 4.19. The number of ether oxygens (including phenoxy) is 3. The van der Waals surface area contributed by atoms with Gasteiger partial charge in [0, 0.05) is 28.1 Å². The van der Waals surface area contributed by atoms with E-state index in [9.17, 15) is 4.79 Å². The van der Waals surface area contributed by atoms with Crippen LogP contribution in [0.5, 0.6) is 17.2 Å². The summed E-state index contributed by atoms with van der Waals surface area (Å²) in [6.07, 6.45) is 0.349. The predicted molar refractivity (Wildman–Crippen MR) is 104 cm³/mol. The third kappa shape index (κ3) is 3.90. The van der Waals surface area contributed by atoms with Crippen molar-refractivity contribution >= 4 is 11.6 Å². The molecule has 0 atom stereocenters. The number of aromatic nitrogens is 2. The SMILES string of the molecule is COc1ccc(Cc2cc(-c3ccc(Cl)cc3)n[nH]c2=O)c(OC)c1OC. The fourth-order valence-corrected chi connectivity index (χ4v) is 2.98. The first kappa shape index (κ1) is 18.8. The highest BCUT2D eigenvalue weighted by molar-refractivity contribution is 6.30. The molecule has 6 nitrogen and oxygen atoms in total. The van der Waals surface area contributed by atoms with Crippen LogP contribution in [0.4, 0.5) is 0 Å². The van der Waals surface area contributed by atoms with Gasteiger partial charge in [-0.05, 0) is 24.3 Å². The average Bonchev–Trinajstić information content (AvgIpc) is 2.69. The van der Waals surface area contributed by atoms with Crippen LogP contribution in [0.25, 0.3) is 11.3 Å². The van der Waals surface area contributed by atoms with Crippen molar-refractivity contribution in [3.63, 3.8) is 0 Å². The predicted octanol–water partition coefficient (Wildman–Crippen LogP) is 3.71. The molecule has 0 aliphatic carbocycles. The zero-order valence-electron chi connectivity index (χ0n) is 15.2. The Morgan fingerprint density at radius 3 is 2.26 bits per heavy atom. The molecule has 0 radical (unpaired) electrons. The number of aromatic amines is 1. The smallest absolute Gasteiger partial charge is 0.267 e. The van der Waals surface area contributed by atoms with Gasteiger partial charge in [-0.2, -0.15) is 5.10 Å². The van der Waals surface area contributed by atoms with Crippen molar-refractivity contribution in [2.45, 2.75) is 6.42 Å². The number of nitrogens with zero attached hydrogens (tertiary/aromatic N) is 1. The Balaban J connectivity index is 2.02. The van der Waals surface area contributed by atoms with Crippen molar-refractivity contribution < 1.29 is 14.2 Å². The van der Waals surface area contributed by atoms with Crippen LogP contribution in [0, 0.1) is 0 Å². The monoisotopic (exact) mass is 386 g/mol. The average molecular weight is 387 g/mol. The van der Waals surface area contributed by atoms with Crippen molar-refractivity contribution in [3.05, 3.63) is 69.0 Å². The molecule has 0 saturated heterocycles. The summed E-state index contributed by atoms with van der Waals surface area (Å²) in [5, 5.41) is 7.32. The third-order valence-corrected chi connectivity index (χ3v) is 4.44. The quantitative estimate of drug-likeness (QED) is 0.699. The van der Waals surface area contributed by atoms with Gasteiger partial charge >= 0.3 is 0 Å². The molecule has 27 heavy (non-hydrogen) atoms. The van der Waals surface area contributed by atoms with Crippen LogP contribution >= 0.6 is 11.6 Å². The first-order chi connectivity index (χ1) is 13.1. The Bertz CT molecular complexity index is 1000. The maximum Gasteiger partial charge on any atom is 0.267 e. The number of benzene rings is 2. The summed E-state index contributed by atoms with van der Waals surface area (Å²) >= 11 is 5.94. The van der Waals surface area contributed by atoms with E-state index in [-0.39, 0.29) is 5.56 Å². The number of H-pyrrole nitrogens is 1. The molecule has 0 spiro atoms. The van der Waals surface area contributed by atoms with Crippen molar-refractivity contribution in [1.29, 1.82) is 0 Å². The fourth-order valence-electron chi connectivity index (χ4n) is 2.85. The Hall–Kier alpha value is -2.99. The van der Waals surface area contributed by atoms with E-state index in [4.69, 9.17) is 25.8 Å². The van der Waals surface area contributed by atoms with E-state index in [1.165, 1.54) is 0 Å². The summed E-state index contributed by atoms with van der Waals surface area (Å²) in [5.74, 6) is 1.57. The first-order valence-electron chi connectivity index (χ1n) is 8.19. The lowest BCUT2D eigenvalue weighted by Gasteiger charge is -2.15. The highest BCUT2D eigenvalue weighted by atomic mass is 35.5. The lowest BCUT2D eigenvalue weighted by molar-refractivity contribution is 0.322. The number of hydrogen-bond donors (Lipinski definition) is 1. The van der Waals surface area contributed by atoms with E-state index in [1.54, 1.807) is 45.6 Å². The molecule has 7 heteroatoms. The molecule has 0 amide bonds.